The van der Waals surface area contributed by atoms with Crippen LogP contribution in [-0.2, 0) is 0 Å². The zero-order chi connectivity index (χ0) is 14.2. The summed E-state index contributed by atoms with van der Waals surface area (Å²) < 4.78 is 0. The van der Waals surface area contributed by atoms with Crippen molar-refractivity contribution < 1.29 is 0 Å². The fraction of sp³-hybridized carbons (Fsp3) is 1.00. The molecule has 0 bridgehead atoms. The van der Waals surface area contributed by atoms with Gasteiger partial charge in [-0.3, -0.25) is 4.90 Å². The number of nitrogens with one attached hydrogen (secondary N) is 1. The first kappa shape index (κ1) is 14.8. The van der Waals surface area contributed by atoms with Gasteiger partial charge in [0.05, 0.1) is 0 Å². The molecule has 2 nitrogen and oxygen atoms in total. The second kappa shape index (κ2) is 5.96. The smallest absolute Gasteiger partial charge is 0.0235 e. The van der Waals surface area contributed by atoms with Gasteiger partial charge in [0, 0.05) is 25.2 Å². The predicted molar refractivity (Wildman–Crippen MR) is 85.9 cm³/mol. The zero-order valence-corrected chi connectivity index (χ0v) is 13.8. The lowest BCUT2D eigenvalue weighted by Gasteiger charge is -2.41. The lowest BCUT2D eigenvalue weighted by atomic mass is 9.68. The third-order valence-corrected chi connectivity index (χ3v) is 6.86. The SMILES string of the molecule is CCC(C)(C)C1CCC(N2CC3CCCNC3C2)CC1. The van der Waals surface area contributed by atoms with Crippen molar-refractivity contribution in [2.75, 3.05) is 19.6 Å². The summed E-state index contributed by atoms with van der Waals surface area (Å²) in [5.74, 6) is 1.92. The first-order valence-electron chi connectivity index (χ1n) is 9.07. The molecule has 0 spiro atoms. The highest BCUT2D eigenvalue weighted by Gasteiger charge is 2.39. The van der Waals surface area contributed by atoms with E-state index in [4.69, 9.17) is 0 Å². The highest BCUT2D eigenvalue weighted by Crippen LogP contribution is 2.42. The van der Waals surface area contributed by atoms with E-state index in [0.29, 0.717) is 5.41 Å². The van der Waals surface area contributed by atoms with Crippen LogP contribution in [0.5, 0.6) is 0 Å². The van der Waals surface area contributed by atoms with Gasteiger partial charge in [-0.2, -0.15) is 0 Å². The van der Waals surface area contributed by atoms with Crippen LogP contribution >= 0.6 is 0 Å². The highest BCUT2D eigenvalue weighted by atomic mass is 15.2. The Balaban J connectivity index is 1.51. The topological polar surface area (TPSA) is 15.3 Å². The average Bonchev–Trinajstić information content (AvgIpc) is 2.91. The van der Waals surface area contributed by atoms with Gasteiger partial charge >= 0.3 is 0 Å². The second-order valence-corrected chi connectivity index (χ2v) is 8.26. The minimum Gasteiger partial charge on any atom is -0.312 e. The molecule has 2 saturated heterocycles. The van der Waals surface area contributed by atoms with Gasteiger partial charge in [-0.25, -0.2) is 0 Å². The van der Waals surface area contributed by atoms with Gasteiger partial charge in [0.25, 0.3) is 0 Å². The molecule has 2 heteroatoms. The molecule has 2 atom stereocenters. The lowest BCUT2D eigenvalue weighted by molar-refractivity contribution is 0.0950. The second-order valence-electron chi connectivity index (χ2n) is 8.26. The number of fused-ring (bicyclic) bond motifs is 1. The third-order valence-electron chi connectivity index (χ3n) is 6.86. The zero-order valence-electron chi connectivity index (χ0n) is 13.8. The molecule has 2 aliphatic heterocycles. The normalized spacial score (nSPS) is 39.8. The highest BCUT2D eigenvalue weighted by molar-refractivity contribution is 4.96. The molecule has 3 aliphatic rings. The van der Waals surface area contributed by atoms with Crippen molar-refractivity contribution in [2.24, 2.45) is 17.3 Å². The van der Waals surface area contributed by atoms with Crippen LogP contribution in [0.2, 0.25) is 0 Å². The monoisotopic (exact) mass is 278 g/mol. The van der Waals surface area contributed by atoms with E-state index in [2.05, 4.69) is 31.0 Å². The average molecular weight is 278 g/mol. The summed E-state index contributed by atoms with van der Waals surface area (Å²) in [7, 11) is 0. The predicted octanol–water partition coefficient (Wildman–Crippen LogP) is 3.67. The van der Waals surface area contributed by atoms with Crippen LogP contribution in [0.1, 0.15) is 65.7 Å². The van der Waals surface area contributed by atoms with E-state index in [1.54, 1.807) is 0 Å². The summed E-state index contributed by atoms with van der Waals surface area (Å²) in [5.41, 5.74) is 0.561. The Kier molecular flexibility index (Phi) is 4.42. The Morgan fingerprint density at radius 2 is 1.80 bits per heavy atom. The Hall–Kier alpha value is -0.0800. The van der Waals surface area contributed by atoms with Crippen LogP contribution in [0, 0.1) is 17.3 Å². The molecule has 2 heterocycles. The summed E-state index contributed by atoms with van der Waals surface area (Å²) in [6, 6.07) is 1.71. The van der Waals surface area contributed by atoms with E-state index in [9.17, 15) is 0 Å². The number of piperidine rings is 1. The molecule has 0 aromatic heterocycles. The summed E-state index contributed by atoms with van der Waals surface area (Å²) in [5, 5.41) is 3.75. The van der Waals surface area contributed by atoms with Gasteiger partial charge in [0.1, 0.15) is 0 Å². The maximum atomic E-state index is 3.75. The number of likely N-dealkylation sites (tertiary alicyclic amines) is 1. The quantitative estimate of drug-likeness (QED) is 0.847. The largest absolute Gasteiger partial charge is 0.312 e. The van der Waals surface area contributed by atoms with Gasteiger partial charge < -0.3 is 5.32 Å². The van der Waals surface area contributed by atoms with Gasteiger partial charge in [-0.15, -0.1) is 0 Å². The first-order valence-corrected chi connectivity index (χ1v) is 9.07. The number of rotatable bonds is 3. The summed E-state index contributed by atoms with van der Waals surface area (Å²) >= 11 is 0. The van der Waals surface area contributed by atoms with E-state index in [1.165, 1.54) is 64.6 Å². The lowest BCUT2D eigenvalue weighted by Crippen LogP contribution is -2.42. The van der Waals surface area contributed by atoms with Gasteiger partial charge in [0.2, 0.25) is 0 Å². The van der Waals surface area contributed by atoms with Crippen LogP contribution in [-0.4, -0.2) is 36.6 Å². The van der Waals surface area contributed by atoms with Crippen molar-refractivity contribution in [3.8, 4) is 0 Å². The molecule has 1 N–H and O–H groups in total. The molecule has 0 aromatic carbocycles. The Morgan fingerprint density at radius 1 is 1.05 bits per heavy atom. The van der Waals surface area contributed by atoms with E-state index in [0.717, 1.165) is 23.9 Å². The third kappa shape index (κ3) is 2.92. The first-order chi connectivity index (χ1) is 9.60. The minimum atomic E-state index is 0.561. The number of hydrogen-bond donors (Lipinski definition) is 1. The van der Waals surface area contributed by atoms with Crippen molar-refractivity contribution in [3.63, 3.8) is 0 Å². The van der Waals surface area contributed by atoms with Crippen molar-refractivity contribution in [3.05, 3.63) is 0 Å². The fourth-order valence-corrected chi connectivity index (χ4v) is 4.89. The fourth-order valence-electron chi connectivity index (χ4n) is 4.89. The van der Waals surface area contributed by atoms with Crippen molar-refractivity contribution in [2.45, 2.75) is 77.8 Å². The minimum absolute atomic E-state index is 0.561. The van der Waals surface area contributed by atoms with Crippen LogP contribution in [0.3, 0.4) is 0 Å². The Bertz CT molecular complexity index is 303. The van der Waals surface area contributed by atoms with Crippen molar-refractivity contribution >= 4 is 0 Å². The molecular weight excluding hydrogens is 244 g/mol. The molecule has 3 rings (SSSR count). The molecule has 1 saturated carbocycles. The summed E-state index contributed by atoms with van der Waals surface area (Å²) in [6.07, 6.45) is 10.0. The number of hydrogen-bond acceptors (Lipinski definition) is 2. The molecule has 3 fully saturated rings. The summed E-state index contributed by atoms with van der Waals surface area (Å²) in [4.78, 5) is 2.84. The van der Waals surface area contributed by atoms with Crippen LogP contribution in [0.25, 0.3) is 0 Å². The Labute approximate surface area is 125 Å². The van der Waals surface area contributed by atoms with Crippen molar-refractivity contribution in [1.29, 1.82) is 0 Å². The molecular formula is C18H34N2. The van der Waals surface area contributed by atoms with Gasteiger partial charge in [0.15, 0.2) is 0 Å². The van der Waals surface area contributed by atoms with E-state index in [-0.39, 0.29) is 0 Å². The molecule has 0 amide bonds. The van der Waals surface area contributed by atoms with Crippen LogP contribution in [0.15, 0.2) is 0 Å². The van der Waals surface area contributed by atoms with E-state index < -0.39 is 0 Å². The molecule has 0 aromatic rings. The number of nitrogens with zero attached hydrogens (tertiary/aromatic N) is 1. The molecule has 1 aliphatic carbocycles. The molecule has 20 heavy (non-hydrogen) atoms. The van der Waals surface area contributed by atoms with Crippen molar-refractivity contribution in [1.82, 2.24) is 10.2 Å². The van der Waals surface area contributed by atoms with E-state index >= 15 is 0 Å². The Morgan fingerprint density at radius 3 is 2.45 bits per heavy atom. The molecule has 2 unspecified atom stereocenters. The maximum absolute atomic E-state index is 3.75. The summed E-state index contributed by atoms with van der Waals surface area (Å²) in [6.45, 7) is 11.3. The standard InChI is InChI=1S/C18H34N2/c1-4-18(2,3)15-7-9-16(10-8-15)20-12-14-6-5-11-19-17(14)13-20/h14-17,19H,4-13H2,1-3H3. The molecule has 116 valence electrons. The van der Waals surface area contributed by atoms with Crippen LogP contribution in [0.4, 0.5) is 0 Å². The maximum Gasteiger partial charge on any atom is 0.0235 e. The van der Waals surface area contributed by atoms with Gasteiger partial charge in [-0.05, 0) is 62.3 Å². The van der Waals surface area contributed by atoms with Crippen LogP contribution < -0.4 is 5.32 Å². The van der Waals surface area contributed by atoms with Gasteiger partial charge in [-0.1, -0.05) is 27.2 Å². The van der Waals surface area contributed by atoms with E-state index in [1.807, 2.05) is 0 Å². The molecule has 0 radical (unpaired) electrons.